The maximum absolute atomic E-state index is 12.8. The lowest BCUT2D eigenvalue weighted by atomic mass is 10.1. The highest BCUT2D eigenvalue weighted by Crippen LogP contribution is 2.33. The number of imide groups is 1. The van der Waals surface area contributed by atoms with Crippen molar-refractivity contribution in [2.45, 2.75) is 32.7 Å². The Labute approximate surface area is 192 Å². The second-order valence-electron chi connectivity index (χ2n) is 8.06. The van der Waals surface area contributed by atoms with E-state index in [2.05, 4.69) is 0 Å². The molecule has 0 aromatic heterocycles. The number of ether oxygens (including phenoxy) is 1. The zero-order valence-corrected chi connectivity index (χ0v) is 18.9. The molecule has 2 aliphatic rings. The van der Waals surface area contributed by atoms with E-state index in [0.29, 0.717) is 10.7 Å². The fourth-order valence-corrected chi connectivity index (χ4v) is 4.66. The molecular formula is C25H26N2O4S. The molecule has 2 saturated heterocycles. The fraction of sp³-hybridized carbons (Fsp3) is 0.320. The van der Waals surface area contributed by atoms with Crippen LogP contribution in [0.15, 0.2) is 53.4 Å². The highest BCUT2D eigenvalue weighted by atomic mass is 32.2. The Kier molecular flexibility index (Phi) is 6.95. The Bertz CT molecular complexity index is 1040. The van der Waals surface area contributed by atoms with Gasteiger partial charge in [0, 0.05) is 13.1 Å². The lowest BCUT2D eigenvalue weighted by Gasteiger charge is -2.26. The van der Waals surface area contributed by atoms with Crippen LogP contribution in [0, 0.1) is 6.92 Å². The van der Waals surface area contributed by atoms with Crippen LogP contribution in [0.1, 0.15) is 36.0 Å². The summed E-state index contributed by atoms with van der Waals surface area (Å²) in [6.07, 6.45) is 5.00. The molecule has 7 heteroatoms. The van der Waals surface area contributed by atoms with Crippen LogP contribution >= 0.6 is 11.8 Å². The summed E-state index contributed by atoms with van der Waals surface area (Å²) in [6.45, 7) is 3.88. The van der Waals surface area contributed by atoms with Gasteiger partial charge in [-0.15, -0.1) is 0 Å². The maximum Gasteiger partial charge on any atom is 0.293 e. The number of nitrogens with zero attached hydrogens (tertiary/aromatic N) is 2. The molecule has 0 spiro atoms. The number of likely N-dealkylation sites (tertiary alicyclic amines) is 1. The minimum atomic E-state index is -0.283. The number of hydrogen-bond donors (Lipinski definition) is 0. The van der Waals surface area contributed by atoms with E-state index in [0.717, 1.165) is 54.4 Å². The molecule has 0 N–H and O–H groups in total. The van der Waals surface area contributed by atoms with E-state index in [1.807, 2.05) is 48.2 Å². The molecule has 2 aliphatic heterocycles. The van der Waals surface area contributed by atoms with Crippen LogP contribution in [0.25, 0.3) is 6.08 Å². The lowest BCUT2D eigenvalue weighted by molar-refractivity contribution is -0.134. The predicted octanol–water partition coefficient (Wildman–Crippen LogP) is 4.62. The van der Waals surface area contributed by atoms with Crippen LogP contribution in [0.3, 0.4) is 0 Å². The molecule has 0 radical (unpaired) electrons. The van der Waals surface area contributed by atoms with Gasteiger partial charge in [-0.05, 0) is 67.3 Å². The summed E-state index contributed by atoms with van der Waals surface area (Å²) in [7, 11) is 0. The van der Waals surface area contributed by atoms with Gasteiger partial charge in [0.25, 0.3) is 17.1 Å². The third-order valence-corrected chi connectivity index (χ3v) is 6.45. The van der Waals surface area contributed by atoms with Crippen LogP contribution in [-0.4, -0.2) is 46.5 Å². The van der Waals surface area contributed by atoms with Crippen LogP contribution < -0.4 is 4.74 Å². The molecule has 0 bridgehead atoms. The SMILES string of the molecule is Cc1cccc(CN2C(=O)S/C(=C\c3ccc(OCC(=O)N4CCCCC4)cc3)C2=O)c1. The van der Waals surface area contributed by atoms with Crippen LogP contribution in [0.4, 0.5) is 4.79 Å². The smallest absolute Gasteiger partial charge is 0.293 e. The van der Waals surface area contributed by atoms with Crippen molar-refractivity contribution in [1.82, 2.24) is 9.80 Å². The Morgan fingerprint density at radius 1 is 1.06 bits per heavy atom. The van der Waals surface area contributed by atoms with Crippen LogP contribution in [0.5, 0.6) is 5.75 Å². The summed E-state index contributed by atoms with van der Waals surface area (Å²) in [4.78, 5) is 40.9. The Morgan fingerprint density at radius 3 is 2.53 bits per heavy atom. The molecule has 4 rings (SSSR count). The summed E-state index contributed by atoms with van der Waals surface area (Å²) >= 11 is 0.951. The first kappa shape index (κ1) is 22.1. The number of benzene rings is 2. The van der Waals surface area contributed by atoms with Crippen molar-refractivity contribution in [2.24, 2.45) is 0 Å². The first-order valence-electron chi connectivity index (χ1n) is 10.8. The number of rotatable bonds is 6. The predicted molar refractivity (Wildman–Crippen MR) is 125 cm³/mol. The van der Waals surface area contributed by atoms with Crippen LogP contribution in [-0.2, 0) is 16.1 Å². The van der Waals surface area contributed by atoms with Gasteiger partial charge < -0.3 is 9.64 Å². The zero-order valence-electron chi connectivity index (χ0n) is 18.1. The molecule has 0 atom stereocenters. The number of amides is 3. The van der Waals surface area contributed by atoms with Gasteiger partial charge in [0.15, 0.2) is 6.61 Å². The highest BCUT2D eigenvalue weighted by molar-refractivity contribution is 8.18. The standard InChI is InChI=1S/C25H26N2O4S/c1-18-6-5-7-20(14-18)16-27-24(29)22(32-25(27)30)15-19-8-10-21(11-9-19)31-17-23(28)26-12-3-2-4-13-26/h5-11,14-15H,2-4,12-13,16-17H2,1H3/b22-15-. The van der Waals surface area contributed by atoms with Gasteiger partial charge in [-0.25, -0.2) is 0 Å². The zero-order chi connectivity index (χ0) is 22.5. The van der Waals surface area contributed by atoms with Crippen molar-refractivity contribution in [2.75, 3.05) is 19.7 Å². The van der Waals surface area contributed by atoms with Crippen molar-refractivity contribution in [3.05, 3.63) is 70.1 Å². The van der Waals surface area contributed by atoms with Crippen LogP contribution in [0.2, 0.25) is 0 Å². The van der Waals surface area contributed by atoms with Gasteiger partial charge in [0.05, 0.1) is 11.4 Å². The molecule has 6 nitrogen and oxygen atoms in total. The van der Waals surface area contributed by atoms with E-state index in [1.54, 1.807) is 18.2 Å². The van der Waals surface area contributed by atoms with Gasteiger partial charge in [0.2, 0.25) is 0 Å². The minimum absolute atomic E-state index is 0.0102. The first-order chi connectivity index (χ1) is 15.5. The number of thioether (sulfide) groups is 1. The van der Waals surface area contributed by atoms with Crippen molar-refractivity contribution < 1.29 is 19.1 Å². The van der Waals surface area contributed by atoms with Gasteiger partial charge in [-0.3, -0.25) is 19.3 Å². The molecule has 0 unspecified atom stereocenters. The second kappa shape index (κ2) is 10.0. The quantitative estimate of drug-likeness (QED) is 0.601. The number of carbonyl (C=O) groups is 3. The molecule has 166 valence electrons. The summed E-state index contributed by atoms with van der Waals surface area (Å²) < 4.78 is 5.63. The average molecular weight is 451 g/mol. The third-order valence-electron chi connectivity index (χ3n) is 5.55. The summed E-state index contributed by atoms with van der Waals surface area (Å²) in [5.74, 6) is 0.324. The fourth-order valence-electron chi connectivity index (χ4n) is 3.82. The van der Waals surface area contributed by atoms with Gasteiger partial charge in [-0.2, -0.15) is 0 Å². The first-order valence-corrected chi connectivity index (χ1v) is 11.6. The molecule has 2 aromatic rings. The molecular weight excluding hydrogens is 424 g/mol. The van der Waals surface area contributed by atoms with E-state index in [-0.39, 0.29) is 30.2 Å². The number of aryl methyl sites for hydroxylation is 1. The molecule has 3 amide bonds. The minimum Gasteiger partial charge on any atom is -0.484 e. The Hall–Kier alpha value is -3.06. The van der Waals surface area contributed by atoms with E-state index < -0.39 is 0 Å². The Balaban J connectivity index is 1.35. The van der Waals surface area contributed by atoms with E-state index in [4.69, 9.17) is 4.74 Å². The van der Waals surface area contributed by atoms with E-state index in [1.165, 1.54) is 11.3 Å². The maximum atomic E-state index is 12.8. The monoisotopic (exact) mass is 450 g/mol. The molecule has 32 heavy (non-hydrogen) atoms. The molecule has 0 saturated carbocycles. The molecule has 0 aliphatic carbocycles. The van der Waals surface area contributed by atoms with Gasteiger partial charge in [-0.1, -0.05) is 42.0 Å². The van der Waals surface area contributed by atoms with Crippen molar-refractivity contribution in [1.29, 1.82) is 0 Å². The van der Waals surface area contributed by atoms with Gasteiger partial charge in [0.1, 0.15) is 5.75 Å². The summed E-state index contributed by atoms with van der Waals surface area (Å²) in [5.41, 5.74) is 2.81. The summed E-state index contributed by atoms with van der Waals surface area (Å²) in [6, 6.07) is 15.0. The normalized spacial score (nSPS) is 17.8. The Morgan fingerprint density at radius 2 is 1.81 bits per heavy atom. The number of carbonyl (C=O) groups excluding carboxylic acids is 3. The summed E-state index contributed by atoms with van der Waals surface area (Å²) in [5, 5.41) is -0.265. The van der Waals surface area contributed by atoms with Crippen molar-refractivity contribution in [3.63, 3.8) is 0 Å². The largest absolute Gasteiger partial charge is 0.484 e. The third kappa shape index (κ3) is 5.40. The molecule has 2 fully saturated rings. The van der Waals surface area contributed by atoms with E-state index >= 15 is 0 Å². The van der Waals surface area contributed by atoms with Gasteiger partial charge >= 0.3 is 0 Å². The number of piperidine rings is 1. The van der Waals surface area contributed by atoms with Crippen molar-refractivity contribution >= 4 is 34.9 Å². The average Bonchev–Trinajstić information content (AvgIpc) is 3.06. The second-order valence-corrected chi connectivity index (χ2v) is 9.05. The molecule has 2 aromatic carbocycles. The number of hydrogen-bond acceptors (Lipinski definition) is 5. The topological polar surface area (TPSA) is 66.9 Å². The van der Waals surface area contributed by atoms with E-state index in [9.17, 15) is 14.4 Å². The van der Waals surface area contributed by atoms with Crippen molar-refractivity contribution in [3.8, 4) is 5.75 Å². The lowest BCUT2D eigenvalue weighted by Crippen LogP contribution is -2.38. The highest BCUT2D eigenvalue weighted by Gasteiger charge is 2.34. The molecule has 2 heterocycles.